The first-order chi connectivity index (χ1) is 15.2. The largest absolute Gasteiger partial charge is 0.335 e. The predicted octanol–water partition coefficient (Wildman–Crippen LogP) is 5.67. The molecule has 0 unspecified atom stereocenters. The molecule has 6 nitrogen and oxygen atoms in total. The maximum atomic E-state index is 13.2. The van der Waals surface area contributed by atoms with Crippen LogP contribution in [0.3, 0.4) is 0 Å². The average Bonchev–Trinajstić information content (AvgIpc) is 3.00. The fourth-order valence-corrected chi connectivity index (χ4v) is 4.47. The predicted molar refractivity (Wildman–Crippen MR) is 133 cm³/mol. The van der Waals surface area contributed by atoms with E-state index in [-0.39, 0.29) is 16.3 Å². The van der Waals surface area contributed by atoms with E-state index in [1.54, 1.807) is 0 Å². The van der Waals surface area contributed by atoms with Crippen molar-refractivity contribution >= 4 is 75.4 Å². The van der Waals surface area contributed by atoms with Gasteiger partial charge in [-0.3, -0.25) is 14.9 Å². The van der Waals surface area contributed by atoms with Crippen LogP contribution in [0.15, 0.2) is 54.1 Å². The molecule has 1 saturated heterocycles. The molecule has 0 saturated carbocycles. The van der Waals surface area contributed by atoms with E-state index in [1.807, 2.05) is 48.7 Å². The number of rotatable bonds is 3. The van der Waals surface area contributed by atoms with Crippen LogP contribution in [0.2, 0.25) is 10.0 Å². The second kappa shape index (κ2) is 8.73. The van der Waals surface area contributed by atoms with E-state index >= 15 is 0 Å². The van der Waals surface area contributed by atoms with Gasteiger partial charge in [0.25, 0.3) is 11.8 Å². The summed E-state index contributed by atoms with van der Waals surface area (Å²) in [6.07, 6.45) is 1.49. The molecule has 0 aliphatic carbocycles. The summed E-state index contributed by atoms with van der Waals surface area (Å²) < 4.78 is 3.15. The van der Waals surface area contributed by atoms with Gasteiger partial charge in [0.05, 0.1) is 10.7 Å². The zero-order chi connectivity index (χ0) is 23.2. The van der Waals surface area contributed by atoms with Crippen molar-refractivity contribution in [2.75, 3.05) is 4.90 Å². The van der Waals surface area contributed by atoms with Gasteiger partial charge in [-0.2, -0.15) is 0 Å². The normalized spacial score (nSPS) is 15.5. The summed E-state index contributed by atoms with van der Waals surface area (Å²) in [5.74, 6) is -1.53. The van der Waals surface area contributed by atoms with Crippen molar-refractivity contribution in [2.45, 2.75) is 13.8 Å². The van der Waals surface area contributed by atoms with Crippen molar-refractivity contribution in [1.82, 2.24) is 9.88 Å². The molecule has 2 aromatic carbocycles. The molecule has 9 heteroatoms. The number of benzene rings is 2. The van der Waals surface area contributed by atoms with Crippen LogP contribution in [0.4, 0.5) is 10.5 Å². The Bertz CT molecular complexity index is 1310. The number of nitrogens with zero attached hydrogens (tertiary/aromatic N) is 2. The highest BCUT2D eigenvalue weighted by atomic mass is 127. The number of anilines is 1. The van der Waals surface area contributed by atoms with Crippen molar-refractivity contribution < 1.29 is 14.4 Å². The van der Waals surface area contributed by atoms with Crippen molar-refractivity contribution in [2.24, 2.45) is 0 Å². The quantitative estimate of drug-likeness (QED) is 0.247. The Kier molecular flexibility index (Phi) is 6.15. The van der Waals surface area contributed by atoms with E-state index in [4.69, 9.17) is 23.2 Å². The lowest BCUT2D eigenvalue weighted by Gasteiger charge is -2.27. The van der Waals surface area contributed by atoms with Gasteiger partial charge in [0, 0.05) is 25.7 Å². The third kappa shape index (κ3) is 4.07. The molecule has 0 spiro atoms. The van der Waals surface area contributed by atoms with Crippen LogP contribution < -0.4 is 10.2 Å². The molecule has 1 N–H and O–H groups in total. The minimum Gasteiger partial charge on any atom is -0.318 e. The van der Waals surface area contributed by atoms with Crippen molar-refractivity contribution in [1.29, 1.82) is 0 Å². The first kappa shape index (κ1) is 22.6. The average molecular weight is 580 g/mol. The Labute approximate surface area is 207 Å². The van der Waals surface area contributed by atoms with Crippen molar-refractivity contribution in [3.63, 3.8) is 0 Å². The zero-order valence-corrected chi connectivity index (χ0v) is 20.6. The van der Waals surface area contributed by atoms with Gasteiger partial charge in [0.1, 0.15) is 5.57 Å². The van der Waals surface area contributed by atoms with Gasteiger partial charge in [0.15, 0.2) is 0 Å². The number of carbonyl (C=O) groups is 3. The number of hydrogen-bond donors (Lipinski definition) is 1. The van der Waals surface area contributed by atoms with Gasteiger partial charge in [-0.15, -0.1) is 0 Å². The molecule has 4 rings (SSSR count). The summed E-state index contributed by atoms with van der Waals surface area (Å²) in [5, 5.41) is 2.69. The van der Waals surface area contributed by atoms with Gasteiger partial charge in [-0.1, -0.05) is 23.2 Å². The minimum atomic E-state index is -0.870. The molecular weight excluding hydrogens is 564 g/mol. The van der Waals surface area contributed by atoms with Gasteiger partial charge in [0.2, 0.25) is 0 Å². The van der Waals surface area contributed by atoms with Crippen LogP contribution in [0.5, 0.6) is 0 Å². The molecule has 3 aromatic rings. The van der Waals surface area contributed by atoms with Crippen molar-refractivity contribution in [3.8, 4) is 5.69 Å². The molecule has 0 atom stereocenters. The van der Waals surface area contributed by atoms with E-state index in [1.165, 1.54) is 24.3 Å². The number of hydrogen-bond acceptors (Lipinski definition) is 3. The molecule has 1 aliphatic heterocycles. The highest BCUT2D eigenvalue weighted by Crippen LogP contribution is 2.32. The van der Waals surface area contributed by atoms with Crippen LogP contribution in [0, 0.1) is 17.4 Å². The number of imide groups is 2. The highest BCUT2D eigenvalue weighted by molar-refractivity contribution is 14.1. The van der Waals surface area contributed by atoms with Gasteiger partial charge >= 0.3 is 6.03 Å². The van der Waals surface area contributed by atoms with Crippen LogP contribution in [0.1, 0.15) is 17.0 Å². The van der Waals surface area contributed by atoms with Crippen LogP contribution >= 0.6 is 45.8 Å². The monoisotopic (exact) mass is 579 g/mol. The molecule has 1 aliphatic rings. The third-order valence-electron chi connectivity index (χ3n) is 5.11. The standard InChI is InChI=1S/C23H16Cl2IN3O3/c1-12-9-14(13(2)28(12)17-6-4-16(26)5-7-17)10-18-21(30)27-23(32)29(22(18)31)20-8-3-15(24)11-19(20)25/h3-11H,1-2H3,(H,27,30,32)/b18-10+. The smallest absolute Gasteiger partial charge is 0.318 e. The summed E-state index contributed by atoms with van der Waals surface area (Å²) in [5.41, 5.74) is 3.42. The molecule has 32 heavy (non-hydrogen) atoms. The summed E-state index contributed by atoms with van der Waals surface area (Å²) in [7, 11) is 0. The van der Waals surface area contributed by atoms with E-state index in [0.29, 0.717) is 10.6 Å². The molecule has 0 radical (unpaired) electrons. The number of amides is 4. The Morgan fingerprint density at radius 1 is 0.969 bits per heavy atom. The first-order valence-electron chi connectivity index (χ1n) is 9.49. The summed E-state index contributed by atoms with van der Waals surface area (Å²) in [4.78, 5) is 39.0. The van der Waals surface area contributed by atoms with E-state index < -0.39 is 17.8 Å². The number of nitrogens with one attached hydrogen (secondary N) is 1. The number of carbonyl (C=O) groups excluding carboxylic acids is 3. The summed E-state index contributed by atoms with van der Waals surface area (Å²) >= 11 is 14.4. The fourth-order valence-electron chi connectivity index (χ4n) is 3.62. The van der Waals surface area contributed by atoms with Gasteiger partial charge < -0.3 is 4.57 Å². The lowest BCUT2D eigenvalue weighted by atomic mass is 10.1. The maximum Gasteiger partial charge on any atom is 0.335 e. The molecule has 2 heterocycles. The molecule has 162 valence electrons. The number of halogens is 3. The van der Waals surface area contributed by atoms with Crippen LogP contribution in [-0.2, 0) is 9.59 Å². The topological polar surface area (TPSA) is 71.4 Å². The fraction of sp³-hybridized carbons (Fsp3) is 0.0870. The van der Waals surface area contributed by atoms with Gasteiger partial charge in [-0.25, -0.2) is 9.69 Å². The second-order valence-corrected chi connectivity index (χ2v) is 9.28. The van der Waals surface area contributed by atoms with Crippen molar-refractivity contribution in [3.05, 3.63) is 84.7 Å². The summed E-state index contributed by atoms with van der Waals surface area (Å²) in [6, 6.07) is 13.4. The van der Waals surface area contributed by atoms with E-state index in [0.717, 1.165) is 25.5 Å². The number of urea groups is 1. The zero-order valence-electron chi connectivity index (χ0n) is 16.9. The lowest BCUT2D eigenvalue weighted by molar-refractivity contribution is -0.122. The second-order valence-electron chi connectivity index (χ2n) is 7.19. The molecule has 1 fully saturated rings. The highest BCUT2D eigenvalue weighted by Gasteiger charge is 2.38. The lowest BCUT2D eigenvalue weighted by Crippen LogP contribution is -2.54. The third-order valence-corrected chi connectivity index (χ3v) is 6.36. The number of aromatic nitrogens is 1. The SMILES string of the molecule is Cc1cc(/C=C2\C(=O)NC(=O)N(c3ccc(Cl)cc3Cl)C2=O)c(C)n1-c1ccc(I)cc1. The molecule has 1 aromatic heterocycles. The number of aryl methyl sites for hydroxylation is 1. The Balaban J connectivity index is 1.77. The van der Waals surface area contributed by atoms with E-state index in [9.17, 15) is 14.4 Å². The molecule has 4 amide bonds. The Morgan fingerprint density at radius 2 is 1.66 bits per heavy atom. The number of barbiturate groups is 1. The maximum absolute atomic E-state index is 13.2. The van der Waals surface area contributed by atoms with Gasteiger partial charge in [-0.05, 0) is 96.6 Å². The minimum absolute atomic E-state index is 0.117. The molecular formula is C23H16Cl2IN3O3. The molecule has 0 bridgehead atoms. The first-order valence-corrected chi connectivity index (χ1v) is 11.3. The van der Waals surface area contributed by atoms with Crippen LogP contribution in [0.25, 0.3) is 11.8 Å². The Morgan fingerprint density at radius 3 is 2.31 bits per heavy atom. The van der Waals surface area contributed by atoms with Crippen LogP contribution in [-0.4, -0.2) is 22.4 Å². The van der Waals surface area contributed by atoms with E-state index in [2.05, 4.69) is 27.9 Å². The Hall–Kier alpha value is -2.62. The summed E-state index contributed by atoms with van der Waals surface area (Å²) in [6.45, 7) is 3.85.